The molecule has 0 unspecified atom stereocenters. The fraction of sp³-hybridized carbons (Fsp3) is 0.0769. The Labute approximate surface area is 108 Å². The van der Waals surface area contributed by atoms with Crippen molar-refractivity contribution < 1.29 is 5.11 Å². The molecule has 0 aliphatic rings. The molecule has 0 saturated carbocycles. The van der Waals surface area contributed by atoms with E-state index < -0.39 is 0 Å². The van der Waals surface area contributed by atoms with Gasteiger partial charge in [-0.05, 0) is 18.2 Å². The highest BCUT2D eigenvalue weighted by Gasteiger charge is 2.07. The number of aromatic nitrogens is 3. The Morgan fingerprint density at radius 2 is 1.94 bits per heavy atom. The van der Waals surface area contributed by atoms with E-state index in [1.165, 1.54) is 0 Å². The van der Waals surface area contributed by atoms with E-state index in [4.69, 9.17) is 11.6 Å². The summed E-state index contributed by atoms with van der Waals surface area (Å²) in [5, 5.41) is 14.2. The number of aliphatic hydroxyl groups excluding tert-OH is 1. The van der Waals surface area contributed by atoms with E-state index in [1.807, 2.05) is 30.3 Å². The summed E-state index contributed by atoms with van der Waals surface area (Å²) in [5.74, 6) is 0. The normalized spacial score (nSPS) is 11.0. The third-order valence-corrected chi connectivity index (χ3v) is 2.99. The fourth-order valence-electron chi connectivity index (χ4n) is 1.86. The summed E-state index contributed by atoms with van der Waals surface area (Å²) in [5.41, 5.74) is 3.17. The standard InChI is InChI=1S/C13H10ClN3O/c14-10-3-1-9(2-4-10)12-7-11(8-18)17-13(16-12)5-6-15-17/h1-7,18H,8H2. The molecule has 0 radical (unpaired) electrons. The first-order valence-electron chi connectivity index (χ1n) is 5.48. The first-order valence-corrected chi connectivity index (χ1v) is 5.86. The van der Waals surface area contributed by atoms with Gasteiger partial charge >= 0.3 is 0 Å². The average molecular weight is 260 g/mol. The lowest BCUT2D eigenvalue weighted by Crippen LogP contribution is -2.01. The van der Waals surface area contributed by atoms with Crippen molar-refractivity contribution in [2.45, 2.75) is 6.61 Å². The van der Waals surface area contributed by atoms with Crippen molar-refractivity contribution in [1.29, 1.82) is 0 Å². The zero-order chi connectivity index (χ0) is 12.5. The summed E-state index contributed by atoms with van der Waals surface area (Å²) in [7, 11) is 0. The minimum Gasteiger partial charge on any atom is -0.390 e. The number of halogens is 1. The van der Waals surface area contributed by atoms with Gasteiger partial charge in [0.2, 0.25) is 0 Å². The van der Waals surface area contributed by atoms with Crippen molar-refractivity contribution in [3.63, 3.8) is 0 Å². The van der Waals surface area contributed by atoms with Gasteiger partial charge in [-0.1, -0.05) is 23.7 Å². The Hall–Kier alpha value is -1.91. The zero-order valence-corrected chi connectivity index (χ0v) is 10.2. The van der Waals surface area contributed by atoms with Crippen LogP contribution in [0.4, 0.5) is 0 Å². The molecule has 0 atom stereocenters. The van der Waals surface area contributed by atoms with Gasteiger partial charge in [0.15, 0.2) is 5.65 Å². The molecule has 3 aromatic rings. The fourth-order valence-corrected chi connectivity index (χ4v) is 1.98. The summed E-state index contributed by atoms with van der Waals surface area (Å²) >= 11 is 5.86. The molecule has 0 saturated heterocycles. The summed E-state index contributed by atoms with van der Waals surface area (Å²) in [6.45, 7) is -0.0821. The van der Waals surface area contributed by atoms with Crippen LogP contribution in [0.2, 0.25) is 5.02 Å². The van der Waals surface area contributed by atoms with Crippen LogP contribution >= 0.6 is 11.6 Å². The second-order valence-electron chi connectivity index (χ2n) is 3.90. The molecule has 4 nitrogen and oxygen atoms in total. The number of nitrogens with zero attached hydrogens (tertiary/aromatic N) is 3. The van der Waals surface area contributed by atoms with Gasteiger partial charge in [0, 0.05) is 16.7 Å². The first-order chi connectivity index (χ1) is 8.78. The molecule has 3 rings (SSSR count). The van der Waals surface area contributed by atoms with Crippen molar-refractivity contribution in [2.75, 3.05) is 0 Å². The highest BCUT2D eigenvalue weighted by Crippen LogP contribution is 2.21. The predicted molar refractivity (Wildman–Crippen MR) is 69.4 cm³/mol. The second kappa shape index (κ2) is 4.40. The van der Waals surface area contributed by atoms with Crippen LogP contribution in [0.3, 0.4) is 0 Å². The number of hydrogen-bond donors (Lipinski definition) is 1. The van der Waals surface area contributed by atoms with Gasteiger partial charge < -0.3 is 5.11 Å². The Kier molecular flexibility index (Phi) is 2.74. The third kappa shape index (κ3) is 1.85. The van der Waals surface area contributed by atoms with Crippen LogP contribution in [-0.4, -0.2) is 19.7 Å². The van der Waals surface area contributed by atoms with Gasteiger partial charge in [-0.2, -0.15) is 5.10 Å². The molecule has 1 aromatic carbocycles. The second-order valence-corrected chi connectivity index (χ2v) is 4.34. The maximum atomic E-state index is 9.36. The number of aliphatic hydroxyl groups is 1. The number of hydrogen-bond acceptors (Lipinski definition) is 3. The summed E-state index contributed by atoms with van der Waals surface area (Å²) in [4.78, 5) is 4.49. The minimum absolute atomic E-state index is 0.0821. The monoisotopic (exact) mass is 259 g/mol. The van der Waals surface area contributed by atoms with E-state index in [2.05, 4.69) is 10.1 Å². The molecule has 18 heavy (non-hydrogen) atoms. The van der Waals surface area contributed by atoms with E-state index >= 15 is 0 Å². The molecule has 5 heteroatoms. The van der Waals surface area contributed by atoms with Crippen LogP contribution in [0.5, 0.6) is 0 Å². The predicted octanol–water partition coefficient (Wildman–Crippen LogP) is 2.54. The highest BCUT2D eigenvalue weighted by atomic mass is 35.5. The maximum Gasteiger partial charge on any atom is 0.156 e. The van der Waals surface area contributed by atoms with Gasteiger partial charge in [0.05, 0.1) is 24.2 Å². The van der Waals surface area contributed by atoms with Crippen LogP contribution in [0.15, 0.2) is 42.6 Å². The summed E-state index contributed by atoms with van der Waals surface area (Å²) in [6.07, 6.45) is 1.66. The van der Waals surface area contributed by atoms with Crippen molar-refractivity contribution in [3.8, 4) is 11.3 Å². The van der Waals surface area contributed by atoms with Crippen LogP contribution in [0.1, 0.15) is 5.69 Å². The Bertz CT molecular complexity index is 691. The zero-order valence-electron chi connectivity index (χ0n) is 9.42. The molecule has 0 aliphatic heterocycles. The molecule has 0 aliphatic carbocycles. The molecule has 1 N–H and O–H groups in total. The maximum absolute atomic E-state index is 9.36. The Morgan fingerprint density at radius 1 is 1.17 bits per heavy atom. The molecule has 2 heterocycles. The Balaban J connectivity index is 2.19. The summed E-state index contributed by atoms with van der Waals surface area (Å²) in [6, 6.07) is 11.1. The SMILES string of the molecule is OCc1cc(-c2ccc(Cl)cc2)nc2ccnn12. The quantitative estimate of drug-likeness (QED) is 0.769. The third-order valence-electron chi connectivity index (χ3n) is 2.74. The molecule has 0 bridgehead atoms. The molecular weight excluding hydrogens is 250 g/mol. The summed E-state index contributed by atoms with van der Waals surface area (Å²) < 4.78 is 1.62. The van der Waals surface area contributed by atoms with E-state index in [0.29, 0.717) is 16.4 Å². The number of benzene rings is 1. The minimum atomic E-state index is -0.0821. The van der Waals surface area contributed by atoms with Crippen LogP contribution in [-0.2, 0) is 6.61 Å². The van der Waals surface area contributed by atoms with Gasteiger partial charge in [-0.25, -0.2) is 9.50 Å². The van der Waals surface area contributed by atoms with Crippen molar-refractivity contribution >= 4 is 17.2 Å². The van der Waals surface area contributed by atoms with Crippen molar-refractivity contribution in [1.82, 2.24) is 14.6 Å². The van der Waals surface area contributed by atoms with Crippen molar-refractivity contribution in [3.05, 3.63) is 53.3 Å². The van der Waals surface area contributed by atoms with E-state index in [1.54, 1.807) is 16.8 Å². The van der Waals surface area contributed by atoms with Crippen LogP contribution in [0.25, 0.3) is 16.9 Å². The van der Waals surface area contributed by atoms with E-state index in [-0.39, 0.29) is 6.61 Å². The molecule has 0 amide bonds. The van der Waals surface area contributed by atoms with E-state index in [9.17, 15) is 5.11 Å². The first kappa shape index (κ1) is 11.2. The van der Waals surface area contributed by atoms with Crippen molar-refractivity contribution in [2.24, 2.45) is 0 Å². The molecule has 0 spiro atoms. The average Bonchev–Trinajstić information content (AvgIpc) is 2.86. The van der Waals surface area contributed by atoms with Gasteiger partial charge in [-0.3, -0.25) is 0 Å². The lowest BCUT2D eigenvalue weighted by molar-refractivity contribution is 0.273. The van der Waals surface area contributed by atoms with Crippen LogP contribution < -0.4 is 0 Å². The van der Waals surface area contributed by atoms with Gasteiger partial charge in [0.25, 0.3) is 0 Å². The number of fused-ring (bicyclic) bond motifs is 1. The van der Waals surface area contributed by atoms with Gasteiger partial charge in [-0.15, -0.1) is 0 Å². The molecule has 90 valence electrons. The number of rotatable bonds is 2. The topological polar surface area (TPSA) is 50.4 Å². The van der Waals surface area contributed by atoms with E-state index in [0.717, 1.165) is 11.3 Å². The molecular formula is C13H10ClN3O. The molecule has 0 fully saturated rings. The lowest BCUT2D eigenvalue weighted by atomic mass is 10.1. The smallest absolute Gasteiger partial charge is 0.156 e. The molecule has 2 aromatic heterocycles. The van der Waals surface area contributed by atoms with Crippen LogP contribution in [0, 0.1) is 0 Å². The highest BCUT2D eigenvalue weighted by molar-refractivity contribution is 6.30. The lowest BCUT2D eigenvalue weighted by Gasteiger charge is -2.06. The Morgan fingerprint density at radius 3 is 2.67 bits per heavy atom. The van der Waals surface area contributed by atoms with Gasteiger partial charge in [0.1, 0.15) is 0 Å². The largest absolute Gasteiger partial charge is 0.390 e.